The smallest absolute Gasteiger partial charge is 0.414 e. The lowest BCUT2D eigenvalue weighted by molar-refractivity contribution is -0.141. The summed E-state index contributed by atoms with van der Waals surface area (Å²) in [6.07, 6.45) is -0.808. The van der Waals surface area contributed by atoms with E-state index < -0.39 is 41.9 Å². The number of cyclic esters (lactones) is 1. The van der Waals surface area contributed by atoms with Gasteiger partial charge in [-0.25, -0.2) is 19.4 Å². The Balaban J connectivity index is 1.73. The van der Waals surface area contributed by atoms with Gasteiger partial charge in [0.2, 0.25) is 0 Å². The van der Waals surface area contributed by atoms with Crippen molar-refractivity contribution in [3.05, 3.63) is 36.2 Å². The maximum absolute atomic E-state index is 14.9. The fraction of sp³-hybridized carbons (Fsp3) is 0.368. The third kappa shape index (κ3) is 5.58. The normalized spacial score (nSPS) is 18.8. The quantitative estimate of drug-likeness (QED) is 0.280. The minimum absolute atomic E-state index is 0.00726. The van der Waals surface area contributed by atoms with Gasteiger partial charge < -0.3 is 14.6 Å². The SMILES string of the molecule is C=N/C=C\N(N)C[C@H]1CN(c2cc(F)c(N3CCN(C(=O)C(F)F)CC=N3)c(F)c2)C(=O)O1. The van der Waals surface area contributed by atoms with Gasteiger partial charge in [0, 0.05) is 37.3 Å². The molecule has 0 spiro atoms. The van der Waals surface area contributed by atoms with Crippen molar-refractivity contribution in [1.29, 1.82) is 0 Å². The van der Waals surface area contributed by atoms with Crippen molar-refractivity contribution in [1.82, 2.24) is 9.91 Å². The van der Waals surface area contributed by atoms with Crippen LogP contribution in [0.3, 0.4) is 0 Å². The third-order valence-corrected chi connectivity index (χ3v) is 4.83. The molecule has 1 aromatic carbocycles. The molecule has 2 aliphatic rings. The second kappa shape index (κ2) is 10.3. The Morgan fingerprint density at radius 3 is 2.70 bits per heavy atom. The molecule has 33 heavy (non-hydrogen) atoms. The van der Waals surface area contributed by atoms with E-state index in [9.17, 15) is 27.2 Å². The van der Waals surface area contributed by atoms with Crippen LogP contribution in [-0.2, 0) is 9.53 Å². The third-order valence-electron chi connectivity index (χ3n) is 4.83. The fourth-order valence-corrected chi connectivity index (χ4v) is 3.32. The molecule has 2 N–H and O–H groups in total. The Labute approximate surface area is 186 Å². The topological polar surface area (TPSA) is 107 Å². The van der Waals surface area contributed by atoms with Crippen LogP contribution in [0.4, 0.5) is 33.7 Å². The molecule has 0 saturated carbocycles. The van der Waals surface area contributed by atoms with Crippen molar-refractivity contribution in [2.45, 2.75) is 12.5 Å². The van der Waals surface area contributed by atoms with Gasteiger partial charge in [0.05, 0.1) is 31.9 Å². The van der Waals surface area contributed by atoms with Crippen LogP contribution in [0.1, 0.15) is 0 Å². The van der Waals surface area contributed by atoms with Crippen molar-refractivity contribution < 1.29 is 31.9 Å². The maximum atomic E-state index is 14.9. The molecule has 1 saturated heterocycles. The predicted octanol–water partition coefficient (Wildman–Crippen LogP) is 1.54. The van der Waals surface area contributed by atoms with Crippen LogP contribution in [0.15, 0.2) is 34.6 Å². The van der Waals surface area contributed by atoms with Crippen LogP contribution in [0.2, 0.25) is 0 Å². The number of anilines is 2. The number of carbonyl (C=O) groups is 2. The molecular weight excluding hydrogens is 450 g/mol. The molecule has 2 amide bonds. The number of nitrogens with zero attached hydrogens (tertiary/aromatic N) is 6. The number of halogens is 4. The van der Waals surface area contributed by atoms with E-state index in [1.807, 2.05) is 0 Å². The highest BCUT2D eigenvalue weighted by atomic mass is 19.3. The highest BCUT2D eigenvalue weighted by Crippen LogP contribution is 2.31. The summed E-state index contributed by atoms with van der Waals surface area (Å²) in [6, 6.07) is 1.87. The monoisotopic (exact) mass is 471 g/mol. The highest BCUT2D eigenvalue weighted by Gasteiger charge is 2.34. The number of nitrogens with two attached hydrogens (primary N) is 1. The van der Waals surface area contributed by atoms with Gasteiger partial charge in [-0.1, -0.05) is 0 Å². The number of alkyl halides is 2. The van der Waals surface area contributed by atoms with Gasteiger partial charge in [-0.15, -0.1) is 0 Å². The number of benzene rings is 1. The number of hydrogen-bond acceptors (Lipinski definition) is 8. The van der Waals surface area contributed by atoms with Gasteiger partial charge in [0.1, 0.15) is 11.8 Å². The van der Waals surface area contributed by atoms with Gasteiger partial charge in [0.25, 0.3) is 5.91 Å². The molecule has 0 bridgehead atoms. The van der Waals surface area contributed by atoms with Gasteiger partial charge in [-0.3, -0.25) is 19.7 Å². The first-order valence-corrected chi connectivity index (χ1v) is 9.69. The number of hydrazone groups is 1. The van der Waals surface area contributed by atoms with Crippen LogP contribution in [-0.4, -0.2) is 80.1 Å². The summed E-state index contributed by atoms with van der Waals surface area (Å²) in [5.74, 6) is 2.26. The lowest BCUT2D eigenvalue weighted by Crippen LogP contribution is -2.39. The number of carbonyl (C=O) groups excluding carboxylic acids is 2. The molecule has 0 radical (unpaired) electrons. The zero-order chi connectivity index (χ0) is 24.1. The molecule has 14 heteroatoms. The first kappa shape index (κ1) is 24.0. The molecule has 1 atom stereocenters. The van der Waals surface area contributed by atoms with E-state index in [1.165, 1.54) is 17.4 Å². The molecule has 3 rings (SSSR count). The standard InChI is InChI=1S/C19H21F4N7O3/c1-25-2-5-28(24)10-13-11-29(19(32)33-13)12-8-14(20)16(15(21)9-12)30-7-6-27(4-3-26-30)18(31)17(22)23/h2-3,5,8-9,13,17H,1,4,6-7,10-11,24H2/b5-2-/t13-/m0/s1. The molecular formula is C19H21F4N7O3. The molecule has 0 aromatic heterocycles. The van der Waals surface area contributed by atoms with Crippen LogP contribution in [0.25, 0.3) is 0 Å². The number of hydrazine groups is 1. The van der Waals surface area contributed by atoms with E-state index >= 15 is 0 Å². The van der Waals surface area contributed by atoms with Gasteiger partial charge in [0.15, 0.2) is 11.6 Å². The van der Waals surface area contributed by atoms with Crippen LogP contribution in [0, 0.1) is 11.6 Å². The summed E-state index contributed by atoms with van der Waals surface area (Å²) in [5.41, 5.74) is -0.623. The molecule has 0 aliphatic carbocycles. The number of ether oxygens (including phenoxy) is 1. The van der Waals surface area contributed by atoms with E-state index in [2.05, 4.69) is 16.8 Å². The summed E-state index contributed by atoms with van der Waals surface area (Å²) in [5, 5.41) is 6.02. The first-order valence-electron chi connectivity index (χ1n) is 9.69. The average molecular weight is 471 g/mol. The summed E-state index contributed by atoms with van der Waals surface area (Å²) < 4.78 is 60.2. The van der Waals surface area contributed by atoms with E-state index in [0.717, 1.165) is 33.2 Å². The summed E-state index contributed by atoms with van der Waals surface area (Å²) in [7, 11) is 0. The minimum atomic E-state index is -3.19. The Morgan fingerprint density at radius 1 is 1.36 bits per heavy atom. The van der Waals surface area contributed by atoms with Crippen LogP contribution in [0.5, 0.6) is 0 Å². The van der Waals surface area contributed by atoms with E-state index in [-0.39, 0.29) is 38.4 Å². The minimum Gasteiger partial charge on any atom is -0.442 e. The largest absolute Gasteiger partial charge is 0.442 e. The average Bonchev–Trinajstić information content (AvgIpc) is 2.95. The molecule has 10 nitrogen and oxygen atoms in total. The Bertz CT molecular complexity index is 952. The number of amides is 2. The Kier molecular flexibility index (Phi) is 7.48. The molecule has 2 aliphatic heterocycles. The summed E-state index contributed by atoms with van der Waals surface area (Å²) in [4.78, 5) is 29.1. The van der Waals surface area contributed by atoms with Crippen molar-refractivity contribution in [2.24, 2.45) is 15.9 Å². The molecule has 178 valence electrons. The zero-order valence-electron chi connectivity index (χ0n) is 17.3. The molecule has 1 fully saturated rings. The first-order chi connectivity index (χ1) is 15.7. The second-order valence-electron chi connectivity index (χ2n) is 7.06. The predicted molar refractivity (Wildman–Crippen MR) is 112 cm³/mol. The van der Waals surface area contributed by atoms with Crippen molar-refractivity contribution >= 4 is 36.3 Å². The number of hydrogen-bond donors (Lipinski definition) is 1. The maximum Gasteiger partial charge on any atom is 0.414 e. The van der Waals surface area contributed by atoms with Gasteiger partial charge >= 0.3 is 12.5 Å². The number of aliphatic imine (C=N–C) groups is 1. The number of rotatable bonds is 7. The molecule has 2 heterocycles. The van der Waals surface area contributed by atoms with Gasteiger partial charge in [-0.2, -0.15) is 13.9 Å². The van der Waals surface area contributed by atoms with E-state index in [1.54, 1.807) is 0 Å². The zero-order valence-corrected chi connectivity index (χ0v) is 17.3. The van der Waals surface area contributed by atoms with Crippen LogP contribution >= 0.6 is 0 Å². The highest BCUT2D eigenvalue weighted by molar-refractivity contribution is 5.90. The molecule has 1 aromatic rings. The van der Waals surface area contributed by atoms with Crippen molar-refractivity contribution in [3.63, 3.8) is 0 Å². The van der Waals surface area contributed by atoms with Gasteiger partial charge in [-0.05, 0) is 6.72 Å². The van der Waals surface area contributed by atoms with E-state index in [0.29, 0.717) is 0 Å². The van der Waals surface area contributed by atoms with E-state index in [4.69, 9.17) is 10.6 Å². The lowest BCUT2D eigenvalue weighted by atomic mass is 10.2. The van der Waals surface area contributed by atoms with Crippen molar-refractivity contribution in [3.8, 4) is 0 Å². The Morgan fingerprint density at radius 2 is 2.06 bits per heavy atom. The molecule has 0 unspecified atom stereocenters. The summed E-state index contributed by atoms with van der Waals surface area (Å²) in [6.45, 7) is 2.71. The van der Waals surface area contributed by atoms with Crippen LogP contribution < -0.4 is 15.8 Å². The lowest BCUT2D eigenvalue weighted by Gasteiger charge is -2.23. The Hall–Kier alpha value is -3.68. The second-order valence-corrected chi connectivity index (χ2v) is 7.06. The summed E-state index contributed by atoms with van der Waals surface area (Å²) >= 11 is 0. The van der Waals surface area contributed by atoms with Crippen molar-refractivity contribution in [2.75, 3.05) is 42.6 Å². The fourth-order valence-electron chi connectivity index (χ4n) is 3.32.